The Morgan fingerprint density at radius 1 is 0.889 bits per heavy atom. The highest BCUT2D eigenvalue weighted by Crippen LogP contribution is 2.34. The van der Waals surface area contributed by atoms with E-state index < -0.39 is 35.1 Å². The van der Waals surface area contributed by atoms with E-state index in [4.69, 9.17) is 0 Å². The van der Waals surface area contributed by atoms with Gasteiger partial charge in [-0.25, -0.2) is 0 Å². The van der Waals surface area contributed by atoms with Gasteiger partial charge in [0.15, 0.2) is 0 Å². The molecule has 2 aromatic carbocycles. The van der Waals surface area contributed by atoms with Crippen LogP contribution in [-0.2, 0) is 23.7 Å². The number of halogens is 6. The van der Waals surface area contributed by atoms with Crippen LogP contribution < -0.4 is 5.32 Å². The van der Waals surface area contributed by atoms with Gasteiger partial charge in [-0.15, -0.1) is 0 Å². The van der Waals surface area contributed by atoms with Gasteiger partial charge in [-0.2, -0.15) is 26.3 Å². The van der Waals surface area contributed by atoms with Gasteiger partial charge in [0.1, 0.15) is 0 Å². The molecule has 2 aromatic rings. The number of hydrogen-bond acceptors (Lipinski definition) is 2. The molecule has 0 heterocycles. The number of anilines is 1. The van der Waals surface area contributed by atoms with Crippen LogP contribution in [0.1, 0.15) is 16.7 Å². The summed E-state index contributed by atoms with van der Waals surface area (Å²) in [6, 6.07) is 9.40. The first-order valence-corrected chi connectivity index (χ1v) is 7.78. The summed E-state index contributed by atoms with van der Waals surface area (Å²) in [5.74, 6) is -0.765. The van der Waals surface area contributed by atoms with E-state index in [2.05, 4.69) is 5.32 Å². The van der Waals surface area contributed by atoms with Gasteiger partial charge in [0.05, 0.1) is 23.4 Å². The summed E-state index contributed by atoms with van der Waals surface area (Å²) in [5.41, 5.74) is -2.25. The zero-order valence-corrected chi connectivity index (χ0v) is 14.2. The van der Waals surface area contributed by atoms with Crippen molar-refractivity contribution < 1.29 is 31.1 Å². The van der Waals surface area contributed by atoms with Crippen molar-refractivity contribution >= 4 is 11.6 Å². The van der Waals surface area contributed by atoms with Gasteiger partial charge in [-0.1, -0.05) is 30.3 Å². The van der Waals surface area contributed by atoms with Crippen LogP contribution in [0, 0.1) is 0 Å². The average Bonchev–Trinajstić information content (AvgIpc) is 2.53. The molecule has 0 saturated carbocycles. The molecule has 146 valence electrons. The van der Waals surface area contributed by atoms with Crippen LogP contribution in [-0.4, -0.2) is 24.4 Å². The fraction of sp³-hybridized carbons (Fsp3) is 0.278. The molecule has 0 radical (unpaired) electrons. The van der Waals surface area contributed by atoms with Gasteiger partial charge in [0.25, 0.3) is 0 Å². The van der Waals surface area contributed by atoms with Crippen molar-refractivity contribution in [3.05, 3.63) is 65.2 Å². The maximum absolute atomic E-state index is 13.0. The summed E-state index contributed by atoms with van der Waals surface area (Å²) in [6.45, 7) is -0.567. The van der Waals surface area contributed by atoms with E-state index in [0.29, 0.717) is 0 Å². The minimum Gasteiger partial charge on any atom is -0.324 e. The van der Waals surface area contributed by atoms with Crippen LogP contribution in [0.5, 0.6) is 0 Å². The number of amides is 1. The molecule has 0 atom stereocenters. The number of nitrogens with one attached hydrogen (secondary N) is 1. The monoisotopic (exact) mass is 390 g/mol. The molecular weight excluding hydrogens is 374 g/mol. The third-order valence-electron chi connectivity index (χ3n) is 3.68. The highest BCUT2D eigenvalue weighted by molar-refractivity contribution is 5.93. The van der Waals surface area contributed by atoms with Crippen LogP contribution in [0.15, 0.2) is 48.5 Å². The topological polar surface area (TPSA) is 32.3 Å². The molecule has 9 heteroatoms. The quantitative estimate of drug-likeness (QED) is 0.745. The number of benzene rings is 2. The van der Waals surface area contributed by atoms with Gasteiger partial charge in [-0.3, -0.25) is 9.69 Å². The lowest BCUT2D eigenvalue weighted by atomic mass is 10.1. The largest absolute Gasteiger partial charge is 0.418 e. The normalized spacial score (nSPS) is 12.3. The fourth-order valence-corrected chi connectivity index (χ4v) is 2.56. The van der Waals surface area contributed by atoms with Gasteiger partial charge in [-0.05, 0) is 30.8 Å². The molecule has 0 saturated heterocycles. The minimum absolute atomic E-state index is 0.0315. The van der Waals surface area contributed by atoms with Crippen LogP contribution in [0.3, 0.4) is 0 Å². The zero-order chi connectivity index (χ0) is 20.2. The Labute approximate surface area is 151 Å². The highest BCUT2D eigenvalue weighted by Gasteiger charge is 2.34. The molecule has 0 aromatic heterocycles. The Bertz CT molecular complexity index is 801. The molecule has 0 bridgehead atoms. The summed E-state index contributed by atoms with van der Waals surface area (Å²) < 4.78 is 77.8. The number of likely N-dealkylation sites (N-methyl/N-ethyl adjacent to an activating group) is 1. The second-order valence-electron chi connectivity index (χ2n) is 5.92. The Hall–Kier alpha value is -2.55. The molecule has 1 N–H and O–H groups in total. The Morgan fingerprint density at radius 3 is 2.00 bits per heavy atom. The third-order valence-corrected chi connectivity index (χ3v) is 3.68. The number of rotatable bonds is 5. The third kappa shape index (κ3) is 5.72. The summed E-state index contributed by atoms with van der Waals surface area (Å²) in [5, 5.41) is 2.16. The lowest BCUT2D eigenvalue weighted by molar-refractivity contribution is -0.138. The molecule has 0 unspecified atom stereocenters. The van der Waals surface area contributed by atoms with E-state index in [1.807, 2.05) is 0 Å². The molecule has 0 fully saturated rings. The van der Waals surface area contributed by atoms with E-state index in [0.717, 1.165) is 18.2 Å². The van der Waals surface area contributed by atoms with E-state index in [9.17, 15) is 31.1 Å². The van der Waals surface area contributed by atoms with Crippen molar-refractivity contribution in [2.24, 2.45) is 0 Å². The predicted molar refractivity (Wildman–Crippen MR) is 87.9 cm³/mol. The first-order valence-electron chi connectivity index (χ1n) is 7.78. The number of hydrogen-bond donors (Lipinski definition) is 1. The molecule has 27 heavy (non-hydrogen) atoms. The second kappa shape index (κ2) is 7.99. The number of carbonyl (C=O) groups is 1. The molecule has 0 aliphatic heterocycles. The maximum atomic E-state index is 13.0. The first kappa shape index (κ1) is 20.8. The number of alkyl halides is 6. The van der Waals surface area contributed by atoms with E-state index >= 15 is 0 Å². The molecular formula is C18H16F6N2O. The molecule has 2 rings (SSSR count). The summed E-state index contributed by atoms with van der Waals surface area (Å²) in [6.07, 6.45) is -9.17. The van der Waals surface area contributed by atoms with Gasteiger partial charge in [0.2, 0.25) is 5.91 Å². The molecule has 1 amide bonds. The summed E-state index contributed by atoms with van der Waals surface area (Å²) in [7, 11) is 1.41. The molecule has 3 nitrogen and oxygen atoms in total. The smallest absolute Gasteiger partial charge is 0.324 e. The highest BCUT2D eigenvalue weighted by atomic mass is 19.4. The molecule has 0 aliphatic rings. The maximum Gasteiger partial charge on any atom is 0.418 e. The van der Waals surface area contributed by atoms with Crippen molar-refractivity contribution in [3.63, 3.8) is 0 Å². The van der Waals surface area contributed by atoms with E-state index in [-0.39, 0.29) is 18.7 Å². The van der Waals surface area contributed by atoms with Crippen LogP contribution in [0.25, 0.3) is 0 Å². The summed E-state index contributed by atoms with van der Waals surface area (Å²) >= 11 is 0. The van der Waals surface area contributed by atoms with E-state index in [1.54, 1.807) is 0 Å². The lowest BCUT2D eigenvalue weighted by Crippen LogP contribution is -2.31. The average molecular weight is 390 g/mol. The van der Waals surface area contributed by atoms with Gasteiger partial charge >= 0.3 is 12.4 Å². The van der Waals surface area contributed by atoms with Crippen molar-refractivity contribution in [3.8, 4) is 0 Å². The Kier molecular flexibility index (Phi) is 6.15. The van der Waals surface area contributed by atoms with E-state index in [1.165, 1.54) is 42.3 Å². The Morgan fingerprint density at radius 2 is 1.41 bits per heavy atom. The zero-order valence-electron chi connectivity index (χ0n) is 14.2. The summed E-state index contributed by atoms with van der Waals surface area (Å²) in [4.78, 5) is 13.3. The lowest BCUT2D eigenvalue weighted by Gasteiger charge is -2.20. The van der Waals surface area contributed by atoms with Gasteiger partial charge < -0.3 is 5.32 Å². The van der Waals surface area contributed by atoms with Crippen molar-refractivity contribution in [2.75, 3.05) is 18.9 Å². The second-order valence-corrected chi connectivity index (χ2v) is 5.92. The van der Waals surface area contributed by atoms with Crippen LogP contribution in [0.2, 0.25) is 0 Å². The van der Waals surface area contributed by atoms with Crippen LogP contribution in [0.4, 0.5) is 32.0 Å². The number of carbonyl (C=O) groups excluding carboxylic acids is 1. The van der Waals surface area contributed by atoms with Crippen LogP contribution >= 0.6 is 0 Å². The molecule has 0 aliphatic carbocycles. The standard InChI is InChI=1S/C18H16F6N2O/c1-26(10-12-6-2-3-7-13(12)17(19,20)21)11-16(27)25-15-9-5-4-8-14(15)18(22,23)24/h2-9H,10-11H2,1H3,(H,25,27). The molecule has 0 spiro atoms. The van der Waals surface area contributed by atoms with Gasteiger partial charge in [0, 0.05) is 6.54 Å². The first-order chi connectivity index (χ1) is 12.5. The predicted octanol–water partition coefficient (Wildman–Crippen LogP) is 4.79. The number of nitrogens with zero attached hydrogens (tertiary/aromatic N) is 1. The fourth-order valence-electron chi connectivity index (χ4n) is 2.56. The number of para-hydroxylation sites is 1. The van der Waals surface area contributed by atoms with Crippen molar-refractivity contribution in [1.29, 1.82) is 0 Å². The Balaban J connectivity index is 2.06. The SMILES string of the molecule is CN(CC(=O)Nc1ccccc1C(F)(F)F)Cc1ccccc1C(F)(F)F. The minimum atomic E-state index is -4.64. The van der Waals surface area contributed by atoms with Crippen molar-refractivity contribution in [1.82, 2.24) is 4.90 Å². The van der Waals surface area contributed by atoms with Crippen molar-refractivity contribution in [2.45, 2.75) is 18.9 Å².